The number of aromatic nitrogens is 2. The van der Waals surface area contributed by atoms with Crippen molar-refractivity contribution in [2.45, 2.75) is 13.5 Å². The lowest BCUT2D eigenvalue weighted by molar-refractivity contribution is 0.112. The quantitative estimate of drug-likeness (QED) is 0.737. The Bertz CT molecular complexity index is 491. The lowest BCUT2D eigenvalue weighted by Crippen LogP contribution is -1.92. The second-order valence-corrected chi connectivity index (χ2v) is 3.32. The van der Waals surface area contributed by atoms with Gasteiger partial charge in [-0.15, -0.1) is 0 Å². The second-order valence-electron chi connectivity index (χ2n) is 3.32. The minimum atomic E-state index is 0.598. The van der Waals surface area contributed by atoms with Crippen molar-refractivity contribution >= 4 is 6.29 Å². The van der Waals surface area contributed by atoms with E-state index in [1.54, 1.807) is 35.1 Å². The molecule has 2 rings (SSSR count). The maximum Gasteiger partial charge on any atom is 0.165 e. The van der Waals surface area contributed by atoms with Gasteiger partial charge in [-0.2, -0.15) is 5.10 Å². The number of aryl methyl sites for hydroxylation is 1. The molecule has 0 aliphatic rings. The molecule has 0 aliphatic heterocycles. The minimum absolute atomic E-state index is 0.598. The Hall–Kier alpha value is -2.10. The molecular formula is C12H12N2O2. The van der Waals surface area contributed by atoms with Crippen LogP contribution in [0.2, 0.25) is 0 Å². The van der Waals surface area contributed by atoms with Crippen molar-refractivity contribution in [3.05, 3.63) is 42.2 Å². The molecule has 4 heteroatoms. The number of carbonyl (C=O) groups excluding carboxylic acids is 1. The van der Waals surface area contributed by atoms with E-state index in [1.165, 1.54) is 0 Å². The Morgan fingerprint density at radius 2 is 2.31 bits per heavy atom. The molecule has 0 saturated heterocycles. The van der Waals surface area contributed by atoms with E-state index in [-0.39, 0.29) is 0 Å². The van der Waals surface area contributed by atoms with Crippen LogP contribution in [-0.2, 0) is 6.54 Å². The van der Waals surface area contributed by atoms with E-state index in [0.717, 1.165) is 12.8 Å². The third-order valence-corrected chi connectivity index (χ3v) is 2.16. The summed E-state index contributed by atoms with van der Waals surface area (Å²) in [5, 5.41) is 4.10. The Morgan fingerprint density at radius 3 is 3.00 bits per heavy atom. The molecule has 0 fully saturated rings. The van der Waals surface area contributed by atoms with Gasteiger partial charge in [0.05, 0.1) is 12.4 Å². The van der Waals surface area contributed by atoms with Gasteiger partial charge in [0.15, 0.2) is 5.75 Å². The lowest BCUT2D eigenvalue weighted by Gasteiger charge is -2.02. The molecule has 0 N–H and O–H groups in total. The molecule has 0 amide bonds. The molecule has 4 nitrogen and oxygen atoms in total. The molecular weight excluding hydrogens is 204 g/mol. The highest BCUT2D eigenvalue weighted by Crippen LogP contribution is 2.20. The third-order valence-electron chi connectivity index (χ3n) is 2.16. The van der Waals surface area contributed by atoms with Gasteiger partial charge in [-0.25, -0.2) is 0 Å². The summed E-state index contributed by atoms with van der Waals surface area (Å²) in [5.41, 5.74) is 0.598. The molecule has 0 radical (unpaired) electrons. The van der Waals surface area contributed by atoms with Crippen molar-refractivity contribution in [2.24, 2.45) is 0 Å². The first kappa shape index (κ1) is 10.4. The van der Waals surface area contributed by atoms with Gasteiger partial charge in [-0.3, -0.25) is 9.48 Å². The number of hydrogen-bond donors (Lipinski definition) is 0. The molecule has 0 bridgehead atoms. The zero-order valence-electron chi connectivity index (χ0n) is 8.96. The standard InChI is InChI=1S/C12H12N2O2/c1-2-14-8-12(7-13-14)16-11-5-3-4-10(6-11)9-15/h3-9H,2H2,1H3. The van der Waals surface area contributed by atoms with Crippen molar-refractivity contribution in [3.8, 4) is 11.5 Å². The Labute approximate surface area is 93.5 Å². The maximum absolute atomic E-state index is 10.6. The number of ether oxygens (including phenoxy) is 1. The van der Waals surface area contributed by atoms with Crippen molar-refractivity contribution in [1.82, 2.24) is 9.78 Å². The Kier molecular flexibility index (Phi) is 3.00. The maximum atomic E-state index is 10.6. The second kappa shape index (κ2) is 4.61. The highest BCUT2D eigenvalue weighted by Gasteiger charge is 2.01. The highest BCUT2D eigenvalue weighted by molar-refractivity contribution is 5.75. The van der Waals surface area contributed by atoms with Crippen LogP contribution in [-0.4, -0.2) is 16.1 Å². The first-order chi connectivity index (χ1) is 7.81. The number of benzene rings is 1. The number of rotatable bonds is 4. The van der Waals surface area contributed by atoms with E-state index in [1.807, 2.05) is 13.1 Å². The first-order valence-electron chi connectivity index (χ1n) is 5.07. The normalized spacial score (nSPS) is 10.1. The predicted molar refractivity (Wildman–Crippen MR) is 59.8 cm³/mol. The van der Waals surface area contributed by atoms with Crippen LogP contribution in [0.1, 0.15) is 17.3 Å². The van der Waals surface area contributed by atoms with Gasteiger partial charge in [0.2, 0.25) is 0 Å². The minimum Gasteiger partial charge on any atom is -0.454 e. The average Bonchev–Trinajstić information content (AvgIpc) is 2.77. The zero-order valence-corrected chi connectivity index (χ0v) is 8.96. The molecule has 82 valence electrons. The topological polar surface area (TPSA) is 44.1 Å². The summed E-state index contributed by atoms with van der Waals surface area (Å²) in [7, 11) is 0. The Morgan fingerprint density at radius 1 is 1.44 bits per heavy atom. The van der Waals surface area contributed by atoms with Gasteiger partial charge < -0.3 is 4.74 Å². The SMILES string of the molecule is CCn1cc(Oc2cccc(C=O)c2)cn1. The van der Waals surface area contributed by atoms with Gasteiger partial charge in [-0.1, -0.05) is 12.1 Å². The summed E-state index contributed by atoms with van der Waals surface area (Å²) < 4.78 is 7.34. The van der Waals surface area contributed by atoms with Crippen LogP contribution in [0.4, 0.5) is 0 Å². The smallest absolute Gasteiger partial charge is 0.165 e. The van der Waals surface area contributed by atoms with Crippen LogP contribution < -0.4 is 4.74 Å². The van der Waals surface area contributed by atoms with Crippen LogP contribution in [0.3, 0.4) is 0 Å². The summed E-state index contributed by atoms with van der Waals surface area (Å²) in [6.07, 6.45) is 4.26. The fraction of sp³-hybridized carbons (Fsp3) is 0.167. The molecule has 1 aromatic carbocycles. The largest absolute Gasteiger partial charge is 0.454 e. The van der Waals surface area contributed by atoms with E-state index in [0.29, 0.717) is 17.1 Å². The molecule has 1 aromatic heterocycles. The number of carbonyl (C=O) groups is 1. The van der Waals surface area contributed by atoms with E-state index in [9.17, 15) is 4.79 Å². The van der Waals surface area contributed by atoms with Crippen molar-refractivity contribution < 1.29 is 9.53 Å². The molecule has 2 aromatic rings. The van der Waals surface area contributed by atoms with E-state index >= 15 is 0 Å². The molecule has 0 unspecified atom stereocenters. The molecule has 0 atom stereocenters. The molecule has 0 saturated carbocycles. The van der Waals surface area contributed by atoms with E-state index < -0.39 is 0 Å². The van der Waals surface area contributed by atoms with Gasteiger partial charge in [-0.05, 0) is 19.1 Å². The summed E-state index contributed by atoms with van der Waals surface area (Å²) in [6, 6.07) is 7.01. The van der Waals surface area contributed by atoms with Crippen LogP contribution >= 0.6 is 0 Å². The summed E-state index contributed by atoms with van der Waals surface area (Å²) >= 11 is 0. The monoisotopic (exact) mass is 216 g/mol. The van der Waals surface area contributed by atoms with Crippen LogP contribution in [0, 0.1) is 0 Å². The van der Waals surface area contributed by atoms with E-state index in [2.05, 4.69) is 5.10 Å². The van der Waals surface area contributed by atoms with Crippen molar-refractivity contribution in [3.63, 3.8) is 0 Å². The predicted octanol–water partition coefficient (Wildman–Crippen LogP) is 2.51. The van der Waals surface area contributed by atoms with E-state index in [4.69, 9.17) is 4.74 Å². The third kappa shape index (κ3) is 2.28. The van der Waals surface area contributed by atoms with Crippen LogP contribution in [0.15, 0.2) is 36.7 Å². The summed E-state index contributed by atoms with van der Waals surface area (Å²) in [6.45, 7) is 2.81. The molecule has 1 heterocycles. The highest BCUT2D eigenvalue weighted by atomic mass is 16.5. The zero-order chi connectivity index (χ0) is 11.4. The number of nitrogens with zero attached hydrogens (tertiary/aromatic N) is 2. The van der Waals surface area contributed by atoms with Crippen molar-refractivity contribution in [1.29, 1.82) is 0 Å². The van der Waals surface area contributed by atoms with Gasteiger partial charge in [0, 0.05) is 12.1 Å². The van der Waals surface area contributed by atoms with Crippen molar-refractivity contribution in [2.75, 3.05) is 0 Å². The number of aldehydes is 1. The van der Waals surface area contributed by atoms with Gasteiger partial charge in [0.25, 0.3) is 0 Å². The number of hydrogen-bond acceptors (Lipinski definition) is 3. The van der Waals surface area contributed by atoms with Gasteiger partial charge in [0.1, 0.15) is 12.0 Å². The average molecular weight is 216 g/mol. The fourth-order valence-corrected chi connectivity index (χ4v) is 1.36. The Balaban J connectivity index is 2.16. The fourth-order valence-electron chi connectivity index (χ4n) is 1.36. The summed E-state index contributed by atoms with van der Waals surface area (Å²) in [5.74, 6) is 1.31. The summed E-state index contributed by atoms with van der Waals surface area (Å²) in [4.78, 5) is 10.6. The molecule has 0 aliphatic carbocycles. The van der Waals surface area contributed by atoms with Gasteiger partial charge >= 0.3 is 0 Å². The lowest BCUT2D eigenvalue weighted by atomic mass is 10.2. The first-order valence-corrected chi connectivity index (χ1v) is 5.07. The molecule has 16 heavy (non-hydrogen) atoms. The van der Waals surface area contributed by atoms with Crippen LogP contribution in [0.25, 0.3) is 0 Å². The molecule has 0 spiro atoms. The van der Waals surface area contributed by atoms with Crippen LogP contribution in [0.5, 0.6) is 11.5 Å².